The Morgan fingerprint density at radius 2 is 1.56 bits per heavy atom. The first-order valence-electron chi connectivity index (χ1n) is 11.1. The summed E-state index contributed by atoms with van der Waals surface area (Å²) in [6.45, 7) is 2.11. The number of fused-ring (bicyclic) bond motifs is 2. The molecule has 7 heteroatoms. The monoisotopic (exact) mass is 471 g/mol. The molecule has 1 atom stereocenters. The highest BCUT2D eigenvalue weighted by Gasteiger charge is 2.36. The lowest BCUT2D eigenvalue weighted by molar-refractivity contribution is 0.327. The summed E-state index contributed by atoms with van der Waals surface area (Å²) in [5.74, 6) is 0.773. The summed E-state index contributed by atoms with van der Waals surface area (Å²) in [4.78, 5) is 9.84. The summed E-state index contributed by atoms with van der Waals surface area (Å²) in [5, 5.41) is 0. The van der Waals surface area contributed by atoms with Gasteiger partial charge in [-0.1, -0.05) is 54.1 Å². The number of methoxy groups -OCH3 is 1. The molecule has 0 spiro atoms. The van der Waals surface area contributed by atoms with Crippen molar-refractivity contribution in [1.29, 1.82) is 0 Å². The van der Waals surface area contributed by atoms with Crippen LogP contribution in [0.3, 0.4) is 0 Å². The number of nitrogens with zero attached hydrogens (tertiary/aromatic N) is 3. The molecule has 5 rings (SSSR count). The average molecular weight is 472 g/mol. The fraction of sp³-hybridized carbons (Fsp3) is 0.185. The summed E-state index contributed by atoms with van der Waals surface area (Å²) in [6, 6.07) is 21.9. The predicted molar refractivity (Wildman–Crippen MR) is 133 cm³/mol. The zero-order chi connectivity index (χ0) is 23.7. The van der Waals surface area contributed by atoms with Crippen LogP contribution in [0.25, 0.3) is 17.1 Å². The molecule has 4 aromatic rings. The Morgan fingerprint density at radius 3 is 2.21 bits per heavy atom. The van der Waals surface area contributed by atoms with E-state index in [1.54, 1.807) is 19.2 Å². The highest BCUT2D eigenvalue weighted by Crippen LogP contribution is 2.30. The average Bonchev–Trinajstić information content (AvgIpc) is 2.86. The number of rotatable bonds is 5. The molecule has 0 N–H and O–H groups in total. The third-order valence-electron chi connectivity index (χ3n) is 6.06. The molecule has 0 aliphatic carbocycles. The van der Waals surface area contributed by atoms with Crippen molar-refractivity contribution in [3.8, 4) is 5.75 Å². The van der Waals surface area contributed by atoms with Crippen LogP contribution in [0, 0.1) is 6.92 Å². The molecule has 6 nitrogen and oxygen atoms in total. The van der Waals surface area contributed by atoms with Crippen LogP contribution in [0.1, 0.15) is 22.5 Å². The van der Waals surface area contributed by atoms with E-state index in [1.807, 2.05) is 79.7 Å². The molecule has 172 valence electrons. The van der Waals surface area contributed by atoms with Crippen LogP contribution in [0.4, 0.5) is 0 Å². The van der Waals surface area contributed by atoms with E-state index in [-0.39, 0.29) is 11.4 Å². The first kappa shape index (κ1) is 22.3. The fourth-order valence-electron chi connectivity index (χ4n) is 4.14. The van der Waals surface area contributed by atoms with Gasteiger partial charge in [0.1, 0.15) is 5.75 Å². The first-order valence-corrected chi connectivity index (χ1v) is 12.5. The second kappa shape index (κ2) is 9.00. The molecule has 0 bridgehead atoms. The number of aromatic nitrogens is 2. The van der Waals surface area contributed by atoms with Crippen molar-refractivity contribution in [2.45, 2.75) is 30.8 Å². The van der Waals surface area contributed by atoms with E-state index in [4.69, 9.17) is 14.7 Å². The van der Waals surface area contributed by atoms with Crippen molar-refractivity contribution in [3.05, 3.63) is 101 Å². The van der Waals surface area contributed by atoms with Crippen molar-refractivity contribution in [1.82, 2.24) is 14.3 Å². The summed E-state index contributed by atoms with van der Waals surface area (Å²) in [7, 11) is -2.12. The van der Waals surface area contributed by atoms with E-state index < -0.39 is 16.1 Å². The van der Waals surface area contributed by atoms with Crippen molar-refractivity contribution in [2.75, 3.05) is 7.11 Å². The van der Waals surface area contributed by atoms with Gasteiger partial charge in [0.25, 0.3) is 0 Å². The van der Waals surface area contributed by atoms with E-state index in [0.29, 0.717) is 12.1 Å². The molecule has 34 heavy (non-hydrogen) atoms. The molecule has 0 amide bonds. The molecule has 3 aromatic carbocycles. The molecule has 1 aliphatic heterocycles. The molecule has 1 unspecified atom stereocenters. The van der Waals surface area contributed by atoms with E-state index in [0.717, 1.165) is 33.6 Å². The van der Waals surface area contributed by atoms with Gasteiger partial charge in [0, 0.05) is 12.5 Å². The molecule has 0 saturated heterocycles. The predicted octanol–water partition coefficient (Wildman–Crippen LogP) is 4.78. The van der Waals surface area contributed by atoms with E-state index >= 15 is 0 Å². The van der Waals surface area contributed by atoms with Gasteiger partial charge in [-0.2, -0.15) is 4.31 Å². The Labute approximate surface area is 199 Å². The number of para-hydroxylation sites is 2. The second-order valence-corrected chi connectivity index (χ2v) is 10.3. The maximum atomic E-state index is 13.7. The number of ether oxygens (including phenoxy) is 1. The van der Waals surface area contributed by atoms with Crippen LogP contribution in [0.15, 0.2) is 83.8 Å². The number of aryl methyl sites for hydroxylation is 1. The van der Waals surface area contributed by atoms with Crippen LogP contribution >= 0.6 is 0 Å². The standard InChI is InChI=1S/C27H25N3O3S/c1-19-7-15-23(16-8-19)34(31,32)30-18-27-26(28-24-5-3-4-6-25(24)29-27)17-21(30)12-9-20-10-13-22(33-2)14-11-20/h3-16,21H,17-18H2,1-2H3/b12-9+. The zero-order valence-electron chi connectivity index (χ0n) is 19.0. The van der Waals surface area contributed by atoms with Crippen LogP contribution in [0.2, 0.25) is 0 Å². The van der Waals surface area contributed by atoms with E-state index in [1.165, 1.54) is 4.31 Å². The maximum absolute atomic E-state index is 13.7. The summed E-state index contributed by atoms with van der Waals surface area (Å²) in [6.07, 6.45) is 4.33. The van der Waals surface area contributed by atoms with Crippen molar-refractivity contribution < 1.29 is 13.2 Å². The smallest absolute Gasteiger partial charge is 0.243 e. The number of hydrogen-bond donors (Lipinski definition) is 0. The van der Waals surface area contributed by atoms with Gasteiger partial charge in [-0.25, -0.2) is 18.4 Å². The van der Waals surface area contributed by atoms with Gasteiger partial charge in [-0.15, -0.1) is 0 Å². The summed E-state index contributed by atoms with van der Waals surface area (Å²) in [5.41, 5.74) is 5.08. The molecule has 0 fully saturated rings. The summed E-state index contributed by atoms with van der Waals surface area (Å²) >= 11 is 0. The lowest BCUT2D eigenvalue weighted by Gasteiger charge is -2.33. The SMILES string of the molecule is COc1ccc(/C=C/C2Cc3nc4ccccc4nc3CN2S(=O)(=O)c2ccc(C)cc2)cc1. The quantitative estimate of drug-likeness (QED) is 0.419. The molecule has 2 heterocycles. The molecule has 0 saturated carbocycles. The van der Waals surface area contributed by atoms with Gasteiger partial charge < -0.3 is 4.74 Å². The third-order valence-corrected chi connectivity index (χ3v) is 7.94. The van der Waals surface area contributed by atoms with Gasteiger partial charge in [-0.05, 0) is 48.9 Å². The summed E-state index contributed by atoms with van der Waals surface area (Å²) < 4.78 is 34.2. The van der Waals surface area contributed by atoms with Gasteiger partial charge in [0.15, 0.2) is 0 Å². The molecular weight excluding hydrogens is 446 g/mol. The molecule has 0 radical (unpaired) electrons. The Kier molecular flexibility index (Phi) is 5.89. The van der Waals surface area contributed by atoms with Crippen molar-refractivity contribution in [3.63, 3.8) is 0 Å². The van der Waals surface area contributed by atoms with Gasteiger partial charge in [-0.3, -0.25) is 0 Å². The number of hydrogen-bond acceptors (Lipinski definition) is 5. The van der Waals surface area contributed by atoms with Gasteiger partial charge in [0.2, 0.25) is 10.0 Å². The lowest BCUT2D eigenvalue weighted by atomic mass is 10.0. The zero-order valence-corrected chi connectivity index (χ0v) is 19.9. The lowest BCUT2D eigenvalue weighted by Crippen LogP contribution is -2.43. The fourth-order valence-corrected chi connectivity index (χ4v) is 5.68. The Bertz CT molecular complexity index is 1460. The second-order valence-electron chi connectivity index (χ2n) is 8.37. The largest absolute Gasteiger partial charge is 0.497 e. The van der Waals surface area contributed by atoms with Gasteiger partial charge >= 0.3 is 0 Å². The van der Waals surface area contributed by atoms with Crippen molar-refractivity contribution in [2.24, 2.45) is 0 Å². The van der Waals surface area contributed by atoms with Crippen LogP contribution in [-0.4, -0.2) is 35.8 Å². The van der Waals surface area contributed by atoms with Crippen LogP contribution < -0.4 is 4.74 Å². The highest BCUT2D eigenvalue weighted by molar-refractivity contribution is 7.89. The van der Waals surface area contributed by atoms with Crippen LogP contribution in [0.5, 0.6) is 5.75 Å². The minimum atomic E-state index is -3.74. The van der Waals surface area contributed by atoms with E-state index in [2.05, 4.69) is 0 Å². The molecular formula is C27H25N3O3S. The van der Waals surface area contributed by atoms with E-state index in [9.17, 15) is 8.42 Å². The van der Waals surface area contributed by atoms with Crippen molar-refractivity contribution >= 4 is 27.1 Å². The topological polar surface area (TPSA) is 72.4 Å². The first-order chi connectivity index (χ1) is 16.4. The van der Waals surface area contributed by atoms with Crippen LogP contribution in [-0.2, 0) is 23.0 Å². The third kappa shape index (κ3) is 4.32. The maximum Gasteiger partial charge on any atom is 0.243 e. The Balaban J connectivity index is 1.56. The normalized spacial score (nSPS) is 16.6. The van der Waals surface area contributed by atoms with Gasteiger partial charge in [0.05, 0.1) is 41.0 Å². The highest BCUT2D eigenvalue weighted by atomic mass is 32.2. The number of sulfonamides is 1. The minimum absolute atomic E-state index is 0.168. The minimum Gasteiger partial charge on any atom is -0.497 e. The Hall–Kier alpha value is -3.55. The number of benzene rings is 3. The molecule has 1 aromatic heterocycles. The Morgan fingerprint density at radius 1 is 0.912 bits per heavy atom. The molecule has 1 aliphatic rings.